The van der Waals surface area contributed by atoms with Crippen LogP contribution in [0, 0.1) is 6.92 Å². The van der Waals surface area contributed by atoms with Gasteiger partial charge in [-0.25, -0.2) is 4.57 Å². The maximum atomic E-state index is 10.7. The van der Waals surface area contributed by atoms with Gasteiger partial charge in [0.2, 0.25) is 0 Å². The smallest absolute Gasteiger partial charge is 0.404 e. The minimum Gasteiger partial charge on any atom is -0.404 e. The van der Waals surface area contributed by atoms with Crippen molar-refractivity contribution < 1.29 is 18.9 Å². The summed E-state index contributed by atoms with van der Waals surface area (Å²) in [5.74, 6) is 0.152. The molecule has 2 N–H and O–H groups in total. The Bertz CT molecular complexity index is 569. The summed E-state index contributed by atoms with van der Waals surface area (Å²) < 4.78 is 15.1. The van der Waals surface area contributed by atoms with Crippen molar-refractivity contribution >= 4 is 7.82 Å². The third kappa shape index (κ3) is 3.44. The molecule has 5 heteroatoms. The predicted molar refractivity (Wildman–Crippen MR) is 69.3 cm³/mol. The van der Waals surface area contributed by atoms with E-state index in [0.717, 1.165) is 11.1 Å². The van der Waals surface area contributed by atoms with Gasteiger partial charge in [0.1, 0.15) is 5.75 Å². The zero-order chi connectivity index (χ0) is 13.2. The third-order valence-corrected chi connectivity index (χ3v) is 2.91. The van der Waals surface area contributed by atoms with E-state index in [1.54, 1.807) is 12.1 Å². The summed E-state index contributed by atoms with van der Waals surface area (Å²) in [6, 6.07) is 14.6. The standard InChI is InChI=1S/C13H13O4P/c1-10-2-4-11(5-3-10)12-6-8-13(9-7-12)17-18(14,15)16/h2-9H,1H3,(H2,14,15,16). The Morgan fingerprint density at radius 1 is 0.889 bits per heavy atom. The van der Waals surface area contributed by atoms with E-state index in [2.05, 4.69) is 4.52 Å². The molecule has 0 heterocycles. The molecule has 0 unspecified atom stereocenters. The molecule has 0 saturated carbocycles. The molecule has 94 valence electrons. The molecule has 0 aromatic heterocycles. The molecular formula is C13H13O4P. The molecule has 18 heavy (non-hydrogen) atoms. The highest BCUT2D eigenvalue weighted by Gasteiger charge is 2.15. The van der Waals surface area contributed by atoms with Crippen molar-refractivity contribution in [3.8, 4) is 16.9 Å². The van der Waals surface area contributed by atoms with Gasteiger partial charge in [-0.1, -0.05) is 42.0 Å². The lowest BCUT2D eigenvalue weighted by Crippen LogP contribution is -1.89. The molecule has 4 nitrogen and oxygen atoms in total. The molecule has 2 rings (SSSR count). The molecule has 2 aromatic rings. The van der Waals surface area contributed by atoms with Gasteiger partial charge < -0.3 is 4.52 Å². The number of benzene rings is 2. The number of phosphoric ester groups is 1. The van der Waals surface area contributed by atoms with Crippen molar-refractivity contribution in [2.75, 3.05) is 0 Å². The predicted octanol–water partition coefficient (Wildman–Crippen LogP) is 3.13. The number of aryl methyl sites for hydroxylation is 1. The van der Waals surface area contributed by atoms with E-state index in [4.69, 9.17) is 9.79 Å². The first-order valence-electron chi connectivity index (χ1n) is 5.36. The maximum absolute atomic E-state index is 10.7. The van der Waals surface area contributed by atoms with Crippen LogP contribution in [0.25, 0.3) is 11.1 Å². The van der Waals surface area contributed by atoms with Crippen LogP contribution in [0.1, 0.15) is 5.56 Å². The van der Waals surface area contributed by atoms with Gasteiger partial charge in [0.25, 0.3) is 0 Å². The second kappa shape index (κ2) is 4.94. The Morgan fingerprint density at radius 2 is 1.33 bits per heavy atom. The highest BCUT2D eigenvalue weighted by atomic mass is 31.2. The summed E-state index contributed by atoms with van der Waals surface area (Å²) in [6.07, 6.45) is 0. The molecule has 0 saturated heterocycles. The van der Waals surface area contributed by atoms with Crippen molar-refractivity contribution in [1.82, 2.24) is 0 Å². The highest BCUT2D eigenvalue weighted by molar-refractivity contribution is 7.46. The van der Waals surface area contributed by atoms with Crippen molar-refractivity contribution in [2.24, 2.45) is 0 Å². The van der Waals surface area contributed by atoms with Gasteiger partial charge in [0, 0.05) is 0 Å². The first-order chi connectivity index (χ1) is 8.44. The van der Waals surface area contributed by atoms with Gasteiger partial charge in [-0.05, 0) is 30.2 Å². The van der Waals surface area contributed by atoms with Crippen LogP contribution in [0.5, 0.6) is 5.75 Å². The van der Waals surface area contributed by atoms with Crippen LogP contribution in [0.2, 0.25) is 0 Å². The molecule has 0 fully saturated rings. The van der Waals surface area contributed by atoms with Crippen molar-refractivity contribution in [1.29, 1.82) is 0 Å². The zero-order valence-corrected chi connectivity index (χ0v) is 10.7. The lowest BCUT2D eigenvalue weighted by molar-refractivity contribution is 0.283. The van der Waals surface area contributed by atoms with Crippen LogP contribution in [0.4, 0.5) is 0 Å². The quantitative estimate of drug-likeness (QED) is 0.836. The summed E-state index contributed by atoms with van der Waals surface area (Å²) in [7, 11) is -4.48. The molecule has 0 spiro atoms. The second-order valence-electron chi connectivity index (χ2n) is 3.97. The normalized spacial score (nSPS) is 11.3. The van der Waals surface area contributed by atoms with E-state index in [-0.39, 0.29) is 5.75 Å². The van der Waals surface area contributed by atoms with Crippen LogP contribution < -0.4 is 4.52 Å². The largest absolute Gasteiger partial charge is 0.524 e. The SMILES string of the molecule is Cc1ccc(-c2ccc(OP(=O)(O)O)cc2)cc1. The van der Waals surface area contributed by atoms with E-state index in [0.29, 0.717) is 0 Å². The summed E-state index contributed by atoms with van der Waals surface area (Å²) in [5, 5.41) is 0. The molecular weight excluding hydrogens is 251 g/mol. The minimum atomic E-state index is -4.48. The first kappa shape index (κ1) is 12.8. The van der Waals surface area contributed by atoms with Gasteiger partial charge in [0.05, 0.1) is 0 Å². The zero-order valence-electron chi connectivity index (χ0n) is 9.78. The van der Waals surface area contributed by atoms with Gasteiger partial charge in [-0.15, -0.1) is 0 Å². The van der Waals surface area contributed by atoms with E-state index in [1.165, 1.54) is 17.7 Å². The maximum Gasteiger partial charge on any atom is 0.524 e. The monoisotopic (exact) mass is 264 g/mol. The van der Waals surface area contributed by atoms with Crippen molar-refractivity contribution in [3.05, 3.63) is 54.1 Å². The topological polar surface area (TPSA) is 66.8 Å². The molecule has 0 aliphatic rings. The lowest BCUT2D eigenvalue weighted by atomic mass is 10.0. The van der Waals surface area contributed by atoms with Crippen LogP contribution in [-0.2, 0) is 4.57 Å². The van der Waals surface area contributed by atoms with Gasteiger partial charge >= 0.3 is 7.82 Å². The van der Waals surface area contributed by atoms with E-state index < -0.39 is 7.82 Å². The number of hydrogen-bond acceptors (Lipinski definition) is 2. The van der Waals surface area contributed by atoms with Gasteiger partial charge in [-0.2, -0.15) is 0 Å². The Kier molecular flexibility index (Phi) is 3.53. The molecule has 2 aromatic carbocycles. The van der Waals surface area contributed by atoms with E-state index in [1.807, 2.05) is 31.2 Å². The fraction of sp³-hybridized carbons (Fsp3) is 0.0769. The second-order valence-corrected chi connectivity index (χ2v) is 5.14. The molecule has 0 atom stereocenters. The third-order valence-electron chi connectivity index (χ3n) is 2.46. The minimum absolute atomic E-state index is 0.152. The van der Waals surface area contributed by atoms with Gasteiger partial charge in [0.15, 0.2) is 0 Å². The first-order valence-corrected chi connectivity index (χ1v) is 6.89. The van der Waals surface area contributed by atoms with Crippen LogP contribution in [-0.4, -0.2) is 9.79 Å². The molecule has 0 bridgehead atoms. The molecule has 0 aliphatic heterocycles. The van der Waals surface area contributed by atoms with Crippen molar-refractivity contribution in [2.45, 2.75) is 6.92 Å². The van der Waals surface area contributed by atoms with Crippen LogP contribution in [0.15, 0.2) is 48.5 Å². The lowest BCUT2D eigenvalue weighted by Gasteiger charge is -2.07. The van der Waals surface area contributed by atoms with Crippen molar-refractivity contribution in [3.63, 3.8) is 0 Å². The number of rotatable bonds is 3. The highest BCUT2D eigenvalue weighted by Crippen LogP contribution is 2.37. The fourth-order valence-electron chi connectivity index (χ4n) is 1.59. The molecule has 0 aliphatic carbocycles. The Balaban J connectivity index is 2.22. The number of hydrogen-bond donors (Lipinski definition) is 2. The summed E-state index contributed by atoms with van der Waals surface area (Å²) >= 11 is 0. The van der Waals surface area contributed by atoms with Crippen LogP contribution in [0.3, 0.4) is 0 Å². The Labute approximate surface area is 105 Å². The molecule has 0 radical (unpaired) electrons. The summed E-state index contributed by atoms with van der Waals surface area (Å²) in [4.78, 5) is 17.4. The Morgan fingerprint density at radius 3 is 1.78 bits per heavy atom. The average Bonchev–Trinajstić information content (AvgIpc) is 2.29. The molecule has 0 amide bonds. The number of phosphoric acid groups is 1. The summed E-state index contributed by atoms with van der Waals surface area (Å²) in [6.45, 7) is 2.01. The van der Waals surface area contributed by atoms with Gasteiger partial charge in [-0.3, -0.25) is 9.79 Å². The van der Waals surface area contributed by atoms with Crippen LogP contribution >= 0.6 is 7.82 Å². The Hall–Kier alpha value is -1.61. The fourth-order valence-corrected chi connectivity index (χ4v) is 1.99. The van der Waals surface area contributed by atoms with E-state index in [9.17, 15) is 4.57 Å². The van der Waals surface area contributed by atoms with E-state index >= 15 is 0 Å². The average molecular weight is 264 g/mol. The summed E-state index contributed by atoms with van der Waals surface area (Å²) in [5.41, 5.74) is 3.19.